The summed E-state index contributed by atoms with van der Waals surface area (Å²) in [5.74, 6) is -4.13. The van der Waals surface area contributed by atoms with Crippen LogP contribution in [0.5, 0.6) is 0 Å². The number of thiophene rings is 1. The second-order valence-electron chi connectivity index (χ2n) is 3.25. The van der Waals surface area contributed by atoms with Crippen LogP contribution < -0.4 is 4.72 Å². The van der Waals surface area contributed by atoms with Gasteiger partial charge in [-0.15, -0.1) is 11.3 Å². The molecule has 1 heterocycles. The second-order valence-corrected chi connectivity index (χ2v) is 5.95. The van der Waals surface area contributed by atoms with Crippen LogP contribution in [-0.4, -0.2) is 26.8 Å². The Balaban J connectivity index is 2.95. The number of sulfonamides is 1. The molecule has 5 nitrogen and oxygen atoms in total. The quantitative estimate of drug-likeness (QED) is 0.846. The Morgan fingerprint density at radius 3 is 2.67 bits per heavy atom. The van der Waals surface area contributed by atoms with Gasteiger partial charge >= 0.3 is 11.7 Å². The highest BCUT2D eigenvalue weighted by Gasteiger charge is 2.25. The first-order chi connectivity index (χ1) is 8.27. The van der Waals surface area contributed by atoms with E-state index in [-0.39, 0.29) is 16.5 Å². The number of hydrogen-bond acceptors (Lipinski definition) is 5. The molecule has 9 heteroatoms. The van der Waals surface area contributed by atoms with E-state index in [1.165, 1.54) is 6.07 Å². The molecule has 1 aromatic heterocycles. The van der Waals surface area contributed by atoms with E-state index < -0.39 is 21.8 Å². The first-order valence-corrected chi connectivity index (χ1v) is 7.21. The highest BCUT2D eigenvalue weighted by molar-refractivity contribution is 7.93. The summed E-state index contributed by atoms with van der Waals surface area (Å²) in [7, 11) is -4.72. The Hall–Kier alpha value is -1.22. The predicted octanol–water partition coefficient (Wildman–Crippen LogP) is 2.20. The number of carbonyl (C=O) groups excluding carboxylic acids is 1. The minimum atomic E-state index is -4.72. The number of carbonyl (C=O) groups is 1. The Kier molecular flexibility index (Phi) is 4.63. The van der Waals surface area contributed by atoms with Gasteiger partial charge in [-0.25, -0.2) is 13.2 Å². The smallest absolute Gasteiger partial charge is 0.355 e. The number of nitrogens with one attached hydrogen (secondary N) is 1. The third-order valence-electron chi connectivity index (χ3n) is 1.86. The van der Waals surface area contributed by atoms with Gasteiger partial charge in [0, 0.05) is 0 Å². The lowest BCUT2D eigenvalue weighted by Gasteiger charge is -2.03. The van der Waals surface area contributed by atoms with Crippen LogP contribution in [0.1, 0.15) is 22.2 Å². The molecule has 0 atom stereocenters. The molecule has 1 aromatic rings. The summed E-state index contributed by atoms with van der Waals surface area (Å²) in [4.78, 5) is 11.6. The third-order valence-corrected chi connectivity index (χ3v) is 4.09. The van der Waals surface area contributed by atoms with E-state index >= 15 is 0 Å². The van der Waals surface area contributed by atoms with Crippen LogP contribution in [0.15, 0.2) is 6.07 Å². The van der Waals surface area contributed by atoms with Crippen LogP contribution in [-0.2, 0) is 14.8 Å². The van der Waals surface area contributed by atoms with E-state index in [9.17, 15) is 22.0 Å². The third kappa shape index (κ3) is 3.39. The molecule has 102 valence electrons. The summed E-state index contributed by atoms with van der Waals surface area (Å²) in [6.45, 7) is 3.36. The maximum Gasteiger partial charge on any atom is 0.355 e. The number of esters is 1. The molecule has 0 fully saturated rings. The van der Waals surface area contributed by atoms with Crippen LogP contribution in [0.25, 0.3) is 0 Å². The first kappa shape index (κ1) is 14.8. The Bertz CT molecular complexity index is 539. The summed E-state index contributed by atoms with van der Waals surface area (Å²) in [5, 5.41) is -0.0455. The highest BCUT2D eigenvalue weighted by Crippen LogP contribution is 2.28. The minimum Gasteiger partial charge on any atom is -0.462 e. The molecule has 0 aliphatic rings. The summed E-state index contributed by atoms with van der Waals surface area (Å²) >= 11 is 0.754. The summed E-state index contributed by atoms with van der Waals surface area (Å²) in [6, 6.07) is 1.30. The zero-order valence-corrected chi connectivity index (χ0v) is 11.2. The number of aryl methyl sites for hydroxylation is 1. The summed E-state index contributed by atoms with van der Waals surface area (Å²) in [5.41, 5.74) is 0.463. The molecule has 0 unspecified atom stereocenters. The maximum absolute atomic E-state index is 12.1. The Morgan fingerprint density at radius 1 is 1.56 bits per heavy atom. The molecule has 0 aliphatic heterocycles. The van der Waals surface area contributed by atoms with Crippen LogP contribution in [0, 0.1) is 6.92 Å². The molecule has 1 N–H and O–H groups in total. The van der Waals surface area contributed by atoms with Gasteiger partial charge in [-0.05, 0) is 25.5 Å². The van der Waals surface area contributed by atoms with Crippen LogP contribution in [0.2, 0.25) is 0 Å². The molecule has 18 heavy (non-hydrogen) atoms. The van der Waals surface area contributed by atoms with Gasteiger partial charge in [-0.1, -0.05) is 0 Å². The van der Waals surface area contributed by atoms with Crippen molar-refractivity contribution in [3.05, 3.63) is 16.5 Å². The summed E-state index contributed by atoms with van der Waals surface area (Å²) in [6.07, 6.45) is 0. The topological polar surface area (TPSA) is 72.5 Å². The van der Waals surface area contributed by atoms with Gasteiger partial charge < -0.3 is 4.74 Å². The summed E-state index contributed by atoms with van der Waals surface area (Å²) < 4.78 is 52.6. The van der Waals surface area contributed by atoms with Crippen molar-refractivity contribution in [2.75, 3.05) is 11.3 Å². The minimum absolute atomic E-state index is 0.0455. The van der Waals surface area contributed by atoms with Crippen molar-refractivity contribution in [1.82, 2.24) is 0 Å². The fourth-order valence-electron chi connectivity index (χ4n) is 1.12. The monoisotopic (exact) mass is 299 g/mol. The van der Waals surface area contributed by atoms with E-state index in [4.69, 9.17) is 4.74 Å². The molecular weight excluding hydrogens is 288 g/mol. The first-order valence-electron chi connectivity index (χ1n) is 4.85. The normalized spacial score (nSPS) is 11.6. The lowest BCUT2D eigenvalue weighted by atomic mass is 10.3. The molecule has 1 rings (SSSR count). The maximum atomic E-state index is 12.1. The van der Waals surface area contributed by atoms with Crippen molar-refractivity contribution < 1.29 is 26.7 Å². The molecule has 0 amide bonds. The SMILES string of the molecule is CCOC(=O)c1sc(NS(=O)(=O)C(F)F)cc1C. The largest absolute Gasteiger partial charge is 0.462 e. The fourth-order valence-corrected chi connectivity index (χ4v) is 2.88. The average Bonchev–Trinajstić information content (AvgIpc) is 2.58. The highest BCUT2D eigenvalue weighted by atomic mass is 32.2. The average molecular weight is 299 g/mol. The molecule has 0 aliphatic carbocycles. The molecule has 0 aromatic carbocycles. The van der Waals surface area contributed by atoms with Gasteiger partial charge in [-0.2, -0.15) is 8.78 Å². The number of halogens is 2. The van der Waals surface area contributed by atoms with Gasteiger partial charge in [0.2, 0.25) is 0 Å². The van der Waals surface area contributed by atoms with E-state index in [2.05, 4.69) is 0 Å². The number of rotatable bonds is 5. The molecule has 0 saturated carbocycles. The van der Waals surface area contributed by atoms with Crippen LogP contribution >= 0.6 is 11.3 Å². The Labute approximate surface area is 107 Å². The van der Waals surface area contributed by atoms with Crippen LogP contribution in [0.4, 0.5) is 13.8 Å². The van der Waals surface area contributed by atoms with Crippen molar-refractivity contribution in [3.63, 3.8) is 0 Å². The zero-order chi connectivity index (χ0) is 13.9. The molecule has 0 radical (unpaired) electrons. The van der Waals surface area contributed by atoms with E-state index in [0.717, 1.165) is 11.3 Å². The predicted molar refractivity (Wildman–Crippen MR) is 63.6 cm³/mol. The van der Waals surface area contributed by atoms with Gasteiger partial charge in [0.15, 0.2) is 0 Å². The van der Waals surface area contributed by atoms with Crippen molar-refractivity contribution >= 4 is 32.3 Å². The number of hydrogen-bond donors (Lipinski definition) is 1. The van der Waals surface area contributed by atoms with Crippen molar-refractivity contribution in [1.29, 1.82) is 0 Å². The lowest BCUT2D eigenvalue weighted by Crippen LogP contribution is -2.19. The molecule has 0 bridgehead atoms. The van der Waals surface area contributed by atoms with E-state index in [1.807, 2.05) is 0 Å². The molecule has 0 spiro atoms. The van der Waals surface area contributed by atoms with Gasteiger partial charge in [0.05, 0.1) is 6.61 Å². The van der Waals surface area contributed by atoms with E-state index in [1.54, 1.807) is 18.6 Å². The standard InChI is InChI=1S/C9H11F2NO4S2/c1-3-16-8(13)7-5(2)4-6(17-7)12-18(14,15)9(10)11/h4,9,12H,3H2,1-2H3. The number of alkyl halides is 2. The Morgan fingerprint density at radius 2 is 2.17 bits per heavy atom. The van der Waals surface area contributed by atoms with Crippen molar-refractivity contribution in [3.8, 4) is 0 Å². The molecule has 0 saturated heterocycles. The number of anilines is 1. The van der Waals surface area contributed by atoms with Gasteiger partial charge in [0.25, 0.3) is 10.0 Å². The van der Waals surface area contributed by atoms with Crippen LogP contribution in [0.3, 0.4) is 0 Å². The van der Waals surface area contributed by atoms with Crippen molar-refractivity contribution in [2.24, 2.45) is 0 Å². The zero-order valence-electron chi connectivity index (χ0n) is 9.57. The van der Waals surface area contributed by atoms with Gasteiger partial charge in [-0.3, -0.25) is 4.72 Å². The lowest BCUT2D eigenvalue weighted by molar-refractivity contribution is 0.0531. The van der Waals surface area contributed by atoms with Crippen molar-refractivity contribution in [2.45, 2.75) is 19.6 Å². The van der Waals surface area contributed by atoms with Gasteiger partial charge in [0.1, 0.15) is 9.88 Å². The second kappa shape index (κ2) is 5.61. The van der Waals surface area contributed by atoms with E-state index in [0.29, 0.717) is 5.56 Å². The molecular formula is C9H11F2NO4S2. The number of ether oxygens (including phenoxy) is 1. The fraction of sp³-hybridized carbons (Fsp3) is 0.444.